The zero-order valence-electron chi connectivity index (χ0n) is 11.2. The lowest BCUT2D eigenvalue weighted by Gasteiger charge is -2.10. The van der Waals surface area contributed by atoms with Gasteiger partial charge in [0.15, 0.2) is 0 Å². The molecule has 2 aromatic rings. The number of aryl methyl sites for hydroxylation is 1. The van der Waals surface area contributed by atoms with Crippen LogP contribution in [0.25, 0.3) is 5.69 Å². The van der Waals surface area contributed by atoms with E-state index in [0.717, 1.165) is 36.5 Å². The molecule has 1 aromatic carbocycles. The molecule has 2 rings (SSSR count). The summed E-state index contributed by atoms with van der Waals surface area (Å²) >= 11 is 0. The Labute approximate surface area is 112 Å². The molecule has 1 N–H and O–H groups in total. The van der Waals surface area contributed by atoms with E-state index in [-0.39, 0.29) is 0 Å². The number of benzene rings is 1. The second-order valence-corrected chi connectivity index (χ2v) is 4.43. The van der Waals surface area contributed by atoms with Crippen LogP contribution < -0.4 is 5.32 Å². The summed E-state index contributed by atoms with van der Waals surface area (Å²) in [6.07, 6.45) is 2.84. The van der Waals surface area contributed by atoms with Crippen LogP contribution in [0.2, 0.25) is 0 Å². The van der Waals surface area contributed by atoms with Crippen molar-refractivity contribution >= 4 is 0 Å². The number of nitrogens with zero attached hydrogens (tertiary/aromatic N) is 4. The van der Waals surface area contributed by atoms with Gasteiger partial charge in [0.1, 0.15) is 0 Å². The zero-order valence-corrected chi connectivity index (χ0v) is 11.2. The topological polar surface area (TPSA) is 66.5 Å². The Morgan fingerprint density at radius 2 is 2.26 bits per heavy atom. The molecule has 5 heteroatoms. The molecule has 98 valence electrons. The van der Waals surface area contributed by atoms with Crippen LogP contribution in [0.5, 0.6) is 0 Å². The van der Waals surface area contributed by atoms with Gasteiger partial charge in [-0.15, -0.1) is 5.10 Å². The molecular formula is C14H17N5. The summed E-state index contributed by atoms with van der Waals surface area (Å²) in [4.78, 5) is 0. The van der Waals surface area contributed by atoms with Crippen LogP contribution in [0.15, 0.2) is 24.4 Å². The molecule has 0 fully saturated rings. The van der Waals surface area contributed by atoms with Crippen LogP contribution in [0.3, 0.4) is 0 Å². The van der Waals surface area contributed by atoms with Gasteiger partial charge in [0.25, 0.3) is 0 Å². The molecule has 0 saturated carbocycles. The molecule has 19 heavy (non-hydrogen) atoms. The summed E-state index contributed by atoms with van der Waals surface area (Å²) in [5, 5.41) is 20.4. The van der Waals surface area contributed by atoms with E-state index >= 15 is 0 Å². The number of nitrogens with one attached hydrogen (secondary N) is 1. The minimum absolute atomic E-state index is 0.628. The molecule has 0 spiro atoms. The Morgan fingerprint density at radius 1 is 1.42 bits per heavy atom. The second kappa shape index (κ2) is 6.12. The van der Waals surface area contributed by atoms with Gasteiger partial charge in [-0.3, -0.25) is 0 Å². The normalized spacial score (nSPS) is 10.4. The standard InChI is InChI=1S/C14H17N5/c1-3-6-16-9-13-10-17-18-19(13)14-7-12(8-15)5-4-11(14)2/h4-5,7,10,16H,3,6,9H2,1-2H3. The van der Waals surface area contributed by atoms with E-state index in [0.29, 0.717) is 5.56 Å². The first-order chi connectivity index (χ1) is 9.26. The van der Waals surface area contributed by atoms with Gasteiger partial charge in [0, 0.05) is 6.54 Å². The molecule has 0 saturated heterocycles. The average molecular weight is 255 g/mol. The van der Waals surface area contributed by atoms with Crippen LogP contribution in [0, 0.1) is 18.3 Å². The van der Waals surface area contributed by atoms with Crippen LogP contribution >= 0.6 is 0 Å². The van der Waals surface area contributed by atoms with Crippen molar-refractivity contribution in [2.24, 2.45) is 0 Å². The Balaban J connectivity index is 2.32. The van der Waals surface area contributed by atoms with Gasteiger partial charge in [-0.25, -0.2) is 4.68 Å². The number of hydrogen-bond acceptors (Lipinski definition) is 4. The minimum Gasteiger partial charge on any atom is -0.311 e. The third-order valence-corrected chi connectivity index (χ3v) is 2.92. The molecule has 5 nitrogen and oxygen atoms in total. The molecule has 0 aliphatic rings. The van der Waals surface area contributed by atoms with Crippen LogP contribution in [-0.2, 0) is 6.54 Å². The minimum atomic E-state index is 0.628. The highest BCUT2D eigenvalue weighted by atomic mass is 15.4. The largest absolute Gasteiger partial charge is 0.311 e. The molecular weight excluding hydrogens is 238 g/mol. The van der Waals surface area contributed by atoms with Gasteiger partial charge in [0.05, 0.1) is 29.2 Å². The summed E-state index contributed by atoms with van der Waals surface area (Å²) in [5.74, 6) is 0. The molecule has 0 unspecified atom stereocenters. The fourth-order valence-electron chi connectivity index (χ4n) is 1.88. The number of hydrogen-bond donors (Lipinski definition) is 1. The van der Waals surface area contributed by atoms with Gasteiger partial charge < -0.3 is 5.32 Å². The van der Waals surface area contributed by atoms with Crippen molar-refractivity contribution in [3.8, 4) is 11.8 Å². The molecule has 0 atom stereocenters. The van der Waals surface area contributed by atoms with Crippen molar-refractivity contribution in [2.45, 2.75) is 26.8 Å². The first-order valence-corrected chi connectivity index (χ1v) is 6.37. The predicted octanol–water partition coefficient (Wildman–Crippen LogP) is 1.95. The van der Waals surface area contributed by atoms with E-state index in [1.165, 1.54) is 0 Å². The molecule has 0 bridgehead atoms. The zero-order chi connectivity index (χ0) is 13.7. The highest BCUT2D eigenvalue weighted by Gasteiger charge is 2.09. The van der Waals surface area contributed by atoms with E-state index in [1.807, 2.05) is 25.1 Å². The molecule has 0 amide bonds. The second-order valence-electron chi connectivity index (χ2n) is 4.43. The fourth-order valence-corrected chi connectivity index (χ4v) is 1.88. The van der Waals surface area contributed by atoms with Crippen LogP contribution in [0.1, 0.15) is 30.2 Å². The lowest BCUT2D eigenvalue weighted by Crippen LogP contribution is -2.17. The molecule has 0 aliphatic carbocycles. The summed E-state index contributed by atoms with van der Waals surface area (Å²) < 4.78 is 1.79. The monoisotopic (exact) mass is 255 g/mol. The van der Waals surface area contributed by atoms with E-state index in [9.17, 15) is 0 Å². The van der Waals surface area contributed by atoms with E-state index in [1.54, 1.807) is 10.9 Å². The van der Waals surface area contributed by atoms with Crippen molar-refractivity contribution in [3.63, 3.8) is 0 Å². The summed E-state index contributed by atoms with van der Waals surface area (Å²) in [5.41, 5.74) is 3.60. The van der Waals surface area contributed by atoms with Crippen molar-refractivity contribution in [3.05, 3.63) is 41.2 Å². The van der Waals surface area contributed by atoms with E-state index < -0.39 is 0 Å². The van der Waals surface area contributed by atoms with Gasteiger partial charge >= 0.3 is 0 Å². The first-order valence-electron chi connectivity index (χ1n) is 6.37. The lowest BCUT2D eigenvalue weighted by molar-refractivity contribution is 0.640. The Hall–Kier alpha value is -2.19. The number of rotatable bonds is 5. The van der Waals surface area contributed by atoms with Crippen LogP contribution in [0.4, 0.5) is 0 Å². The summed E-state index contributed by atoms with van der Waals surface area (Å²) in [6.45, 7) is 5.81. The third kappa shape index (κ3) is 2.98. The van der Waals surface area contributed by atoms with Gasteiger partial charge in [-0.1, -0.05) is 18.2 Å². The molecule has 0 aliphatic heterocycles. The van der Waals surface area contributed by atoms with Gasteiger partial charge in [0.2, 0.25) is 0 Å². The van der Waals surface area contributed by atoms with Crippen molar-refractivity contribution in [2.75, 3.05) is 6.54 Å². The van der Waals surface area contributed by atoms with Crippen molar-refractivity contribution in [1.29, 1.82) is 5.26 Å². The highest BCUT2D eigenvalue weighted by Crippen LogP contribution is 2.16. The van der Waals surface area contributed by atoms with Crippen molar-refractivity contribution in [1.82, 2.24) is 20.3 Å². The Morgan fingerprint density at radius 3 is 3.00 bits per heavy atom. The molecule has 0 radical (unpaired) electrons. The average Bonchev–Trinajstić information content (AvgIpc) is 2.88. The quantitative estimate of drug-likeness (QED) is 0.829. The van der Waals surface area contributed by atoms with E-state index in [4.69, 9.17) is 5.26 Å². The van der Waals surface area contributed by atoms with Crippen molar-refractivity contribution < 1.29 is 0 Å². The maximum Gasteiger partial charge on any atom is 0.0992 e. The maximum atomic E-state index is 8.99. The van der Waals surface area contributed by atoms with Gasteiger partial charge in [-0.2, -0.15) is 5.26 Å². The fraction of sp³-hybridized carbons (Fsp3) is 0.357. The molecule has 1 aromatic heterocycles. The number of nitriles is 1. The maximum absolute atomic E-state index is 8.99. The SMILES string of the molecule is CCCNCc1cnnn1-c1cc(C#N)ccc1C. The smallest absolute Gasteiger partial charge is 0.0992 e. The molecule has 1 heterocycles. The lowest BCUT2D eigenvalue weighted by atomic mass is 10.1. The third-order valence-electron chi connectivity index (χ3n) is 2.92. The Kier molecular flexibility index (Phi) is 4.26. The summed E-state index contributed by atoms with van der Waals surface area (Å²) in [7, 11) is 0. The van der Waals surface area contributed by atoms with E-state index in [2.05, 4.69) is 28.6 Å². The first kappa shape index (κ1) is 13.2. The predicted molar refractivity (Wildman–Crippen MR) is 72.8 cm³/mol. The Bertz CT molecular complexity index is 594. The number of aromatic nitrogens is 3. The highest BCUT2D eigenvalue weighted by molar-refractivity contribution is 5.47. The van der Waals surface area contributed by atoms with Gasteiger partial charge in [-0.05, 0) is 37.6 Å². The van der Waals surface area contributed by atoms with Crippen LogP contribution in [-0.4, -0.2) is 21.5 Å². The summed E-state index contributed by atoms with van der Waals surface area (Å²) in [6, 6.07) is 7.73.